The van der Waals surface area contributed by atoms with Crippen molar-refractivity contribution in [1.82, 2.24) is 4.98 Å². The number of alkyl halides is 3. The van der Waals surface area contributed by atoms with E-state index in [1.165, 1.54) is 12.3 Å². The van der Waals surface area contributed by atoms with Gasteiger partial charge in [-0.05, 0) is 42.0 Å². The smallest absolute Gasteiger partial charge is 0.278 e. The lowest BCUT2D eigenvalue weighted by atomic mass is 10.1. The van der Waals surface area contributed by atoms with Gasteiger partial charge in [-0.1, -0.05) is 23.7 Å². The van der Waals surface area contributed by atoms with Crippen molar-refractivity contribution >= 4 is 34.4 Å². The van der Waals surface area contributed by atoms with Gasteiger partial charge in [-0.3, -0.25) is 10.4 Å². The summed E-state index contributed by atoms with van der Waals surface area (Å²) in [6.07, 6.45) is -1.35. The van der Waals surface area contributed by atoms with E-state index in [9.17, 15) is 13.2 Å². The summed E-state index contributed by atoms with van der Waals surface area (Å²) in [5.74, 6) is 0. The van der Waals surface area contributed by atoms with E-state index in [0.29, 0.717) is 21.6 Å². The number of halogens is 4. The zero-order chi connectivity index (χ0) is 17.2. The number of rotatable bonds is 3. The van der Waals surface area contributed by atoms with Crippen LogP contribution >= 0.6 is 11.6 Å². The predicted octanol–water partition coefficient (Wildman–Crippen LogP) is 5.35. The van der Waals surface area contributed by atoms with E-state index in [2.05, 4.69) is 15.5 Å². The Morgan fingerprint density at radius 2 is 1.79 bits per heavy atom. The predicted molar refractivity (Wildman–Crippen MR) is 89.4 cm³/mol. The van der Waals surface area contributed by atoms with E-state index in [1.807, 2.05) is 0 Å². The summed E-state index contributed by atoms with van der Waals surface area (Å²) in [6, 6.07) is 12.0. The van der Waals surface area contributed by atoms with Crippen LogP contribution in [0.5, 0.6) is 0 Å². The van der Waals surface area contributed by atoms with Crippen LogP contribution in [0, 0.1) is 0 Å². The van der Waals surface area contributed by atoms with Gasteiger partial charge in [0.25, 0.3) is 0 Å². The molecular weight excluding hydrogens is 339 g/mol. The molecule has 0 aliphatic heterocycles. The first-order valence-corrected chi connectivity index (χ1v) is 7.32. The Bertz CT molecular complexity index is 890. The minimum absolute atomic E-state index is 0.348. The van der Waals surface area contributed by atoms with Gasteiger partial charge >= 0.3 is 6.18 Å². The topological polar surface area (TPSA) is 37.3 Å². The number of aromatic nitrogens is 1. The first-order valence-electron chi connectivity index (χ1n) is 6.94. The van der Waals surface area contributed by atoms with Crippen LogP contribution in [0.2, 0.25) is 5.02 Å². The normalized spacial score (nSPS) is 12.0. The number of pyridine rings is 1. The van der Waals surface area contributed by atoms with Crippen molar-refractivity contribution in [1.29, 1.82) is 0 Å². The average molecular weight is 350 g/mol. The Morgan fingerprint density at radius 3 is 2.50 bits per heavy atom. The molecule has 0 amide bonds. The molecule has 1 aromatic heterocycles. The van der Waals surface area contributed by atoms with Crippen molar-refractivity contribution in [3.05, 3.63) is 70.9 Å². The Morgan fingerprint density at radius 1 is 1.04 bits per heavy atom. The van der Waals surface area contributed by atoms with Crippen molar-refractivity contribution in [2.24, 2.45) is 5.10 Å². The van der Waals surface area contributed by atoms with E-state index in [0.717, 1.165) is 17.7 Å². The summed E-state index contributed by atoms with van der Waals surface area (Å²) in [6.45, 7) is 0. The molecular formula is C17H11ClF3N3. The SMILES string of the molecule is FC(F)(F)c1ccc2nccc(N/N=C/c3ccc(Cl)cc3)c2c1. The van der Waals surface area contributed by atoms with Gasteiger partial charge in [0.1, 0.15) is 0 Å². The molecule has 3 rings (SSSR count). The molecule has 1 heterocycles. The Hall–Kier alpha value is -2.60. The number of benzene rings is 2. The molecule has 0 saturated heterocycles. The van der Waals surface area contributed by atoms with Crippen LogP contribution in [0.4, 0.5) is 18.9 Å². The number of hydrazone groups is 1. The van der Waals surface area contributed by atoms with Crippen molar-refractivity contribution in [3.63, 3.8) is 0 Å². The molecule has 0 radical (unpaired) electrons. The van der Waals surface area contributed by atoms with Crippen LogP contribution in [0.15, 0.2) is 59.8 Å². The molecule has 0 bridgehead atoms. The lowest BCUT2D eigenvalue weighted by molar-refractivity contribution is -0.137. The number of fused-ring (bicyclic) bond motifs is 1. The minimum atomic E-state index is -4.41. The standard InChI is InChI=1S/C17H11ClF3N3/c18-13-4-1-11(2-5-13)10-23-24-16-7-8-22-15-6-3-12(9-14(15)16)17(19,20)21/h1-10H,(H,22,24)/b23-10+. The average Bonchev–Trinajstić information content (AvgIpc) is 2.55. The van der Waals surface area contributed by atoms with Crippen LogP contribution < -0.4 is 5.43 Å². The second-order valence-corrected chi connectivity index (χ2v) is 5.45. The molecule has 0 aliphatic carbocycles. The van der Waals surface area contributed by atoms with Gasteiger partial charge in [0.15, 0.2) is 0 Å². The molecule has 24 heavy (non-hydrogen) atoms. The molecule has 122 valence electrons. The number of hydrogen-bond acceptors (Lipinski definition) is 3. The summed E-state index contributed by atoms with van der Waals surface area (Å²) in [4.78, 5) is 4.07. The highest BCUT2D eigenvalue weighted by Gasteiger charge is 2.30. The summed E-state index contributed by atoms with van der Waals surface area (Å²) in [7, 11) is 0. The fourth-order valence-electron chi connectivity index (χ4n) is 2.15. The van der Waals surface area contributed by atoms with Crippen LogP contribution in [0.1, 0.15) is 11.1 Å². The van der Waals surface area contributed by atoms with Crippen molar-refractivity contribution in [2.45, 2.75) is 6.18 Å². The molecule has 1 N–H and O–H groups in total. The zero-order valence-electron chi connectivity index (χ0n) is 12.2. The van der Waals surface area contributed by atoms with E-state index in [4.69, 9.17) is 11.6 Å². The fraction of sp³-hybridized carbons (Fsp3) is 0.0588. The largest absolute Gasteiger partial charge is 0.416 e. The van der Waals surface area contributed by atoms with E-state index in [1.54, 1.807) is 36.5 Å². The maximum Gasteiger partial charge on any atom is 0.416 e. The quantitative estimate of drug-likeness (QED) is 0.511. The van der Waals surface area contributed by atoms with E-state index in [-0.39, 0.29) is 0 Å². The third-order valence-electron chi connectivity index (χ3n) is 3.34. The molecule has 3 aromatic rings. The first-order chi connectivity index (χ1) is 11.4. The Balaban J connectivity index is 1.89. The van der Waals surface area contributed by atoms with Gasteiger partial charge in [-0.25, -0.2) is 0 Å². The van der Waals surface area contributed by atoms with Crippen molar-refractivity contribution in [2.75, 3.05) is 5.43 Å². The number of nitrogens with zero attached hydrogens (tertiary/aromatic N) is 2. The minimum Gasteiger partial charge on any atom is -0.278 e. The molecule has 0 spiro atoms. The maximum atomic E-state index is 12.9. The maximum absolute atomic E-state index is 12.9. The molecule has 7 heteroatoms. The third-order valence-corrected chi connectivity index (χ3v) is 3.59. The second-order valence-electron chi connectivity index (χ2n) is 5.01. The van der Waals surface area contributed by atoms with Gasteiger partial charge in [0.05, 0.1) is 23.0 Å². The van der Waals surface area contributed by atoms with Crippen LogP contribution in [-0.2, 0) is 6.18 Å². The highest BCUT2D eigenvalue weighted by Crippen LogP contribution is 2.33. The fourth-order valence-corrected chi connectivity index (χ4v) is 2.27. The molecule has 3 nitrogen and oxygen atoms in total. The monoisotopic (exact) mass is 349 g/mol. The lowest BCUT2D eigenvalue weighted by Crippen LogP contribution is -2.04. The Kier molecular flexibility index (Phi) is 4.40. The van der Waals surface area contributed by atoms with Crippen molar-refractivity contribution < 1.29 is 13.2 Å². The summed E-state index contributed by atoms with van der Waals surface area (Å²) in [5, 5.41) is 5.02. The van der Waals surface area contributed by atoms with E-state index < -0.39 is 11.7 Å². The van der Waals surface area contributed by atoms with Crippen LogP contribution in [0.25, 0.3) is 10.9 Å². The third kappa shape index (κ3) is 3.65. The highest BCUT2D eigenvalue weighted by molar-refractivity contribution is 6.30. The number of anilines is 1. The summed E-state index contributed by atoms with van der Waals surface area (Å²) < 4.78 is 38.6. The number of hydrogen-bond donors (Lipinski definition) is 1. The lowest BCUT2D eigenvalue weighted by Gasteiger charge is -2.10. The van der Waals surface area contributed by atoms with Gasteiger partial charge in [0.2, 0.25) is 0 Å². The van der Waals surface area contributed by atoms with Crippen LogP contribution in [-0.4, -0.2) is 11.2 Å². The first kappa shape index (κ1) is 16.3. The molecule has 2 aromatic carbocycles. The summed E-state index contributed by atoms with van der Waals surface area (Å²) >= 11 is 5.80. The molecule has 0 atom stereocenters. The highest BCUT2D eigenvalue weighted by atomic mass is 35.5. The summed E-state index contributed by atoms with van der Waals surface area (Å²) in [5.41, 5.74) is 3.73. The molecule has 0 aliphatic rings. The molecule has 0 saturated carbocycles. The number of nitrogens with one attached hydrogen (secondary N) is 1. The van der Waals surface area contributed by atoms with Crippen molar-refractivity contribution in [3.8, 4) is 0 Å². The van der Waals surface area contributed by atoms with Gasteiger partial charge in [0, 0.05) is 16.6 Å². The molecule has 0 unspecified atom stereocenters. The van der Waals surface area contributed by atoms with Crippen LogP contribution in [0.3, 0.4) is 0 Å². The van der Waals surface area contributed by atoms with Gasteiger partial charge < -0.3 is 0 Å². The van der Waals surface area contributed by atoms with Gasteiger partial charge in [-0.2, -0.15) is 18.3 Å². The van der Waals surface area contributed by atoms with E-state index >= 15 is 0 Å². The Labute approximate surface area is 140 Å². The molecule has 0 fully saturated rings. The zero-order valence-corrected chi connectivity index (χ0v) is 12.9. The van der Waals surface area contributed by atoms with Gasteiger partial charge in [-0.15, -0.1) is 0 Å². The second kappa shape index (κ2) is 6.49.